The molecule has 0 radical (unpaired) electrons. The van der Waals surface area contributed by atoms with Crippen molar-refractivity contribution in [1.29, 1.82) is 0 Å². The lowest BCUT2D eigenvalue weighted by Gasteiger charge is -2.05. The molecule has 0 unspecified atom stereocenters. The first-order chi connectivity index (χ1) is 10.2. The summed E-state index contributed by atoms with van der Waals surface area (Å²) in [6.07, 6.45) is 3.80. The molecule has 0 amide bonds. The molecule has 0 saturated heterocycles. The number of fused-ring (bicyclic) bond motifs is 1. The third-order valence-corrected chi connectivity index (χ3v) is 3.64. The van der Waals surface area contributed by atoms with Gasteiger partial charge in [-0.15, -0.1) is 0 Å². The van der Waals surface area contributed by atoms with Gasteiger partial charge in [0, 0.05) is 19.0 Å². The first-order valence-corrected chi connectivity index (χ1v) is 7.57. The maximum absolute atomic E-state index is 5.53. The Kier molecular flexibility index (Phi) is 4.20. The number of rotatable bonds is 6. The van der Waals surface area contributed by atoms with Crippen molar-refractivity contribution >= 4 is 0 Å². The zero-order valence-electron chi connectivity index (χ0n) is 12.7. The number of nitrogens with one attached hydrogen (secondary N) is 1. The van der Waals surface area contributed by atoms with E-state index in [0.717, 1.165) is 44.1 Å². The van der Waals surface area contributed by atoms with Crippen LogP contribution in [0.15, 0.2) is 24.5 Å². The topological polar surface area (TPSA) is 52.0 Å². The second-order valence-corrected chi connectivity index (χ2v) is 5.75. The SMILES string of the molecule is CC(C)NCc1ncn(CCc2ccc3c(c2)CCO3)n1. The van der Waals surface area contributed by atoms with E-state index < -0.39 is 0 Å². The highest BCUT2D eigenvalue weighted by Gasteiger charge is 2.12. The van der Waals surface area contributed by atoms with E-state index in [0.29, 0.717) is 6.04 Å². The molecule has 21 heavy (non-hydrogen) atoms. The maximum Gasteiger partial charge on any atom is 0.164 e. The number of aryl methyl sites for hydroxylation is 2. The van der Waals surface area contributed by atoms with Crippen LogP contribution in [0.4, 0.5) is 0 Å². The summed E-state index contributed by atoms with van der Waals surface area (Å²) in [7, 11) is 0. The minimum atomic E-state index is 0.450. The minimum absolute atomic E-state index is 0.450. The van der Waals surface area contributed by atoms with Crippen molar-refractivity contribution in [3.05, 3.63) is 41.5 Å². The van der Waals surface area contributed by atoms with Gasteiger partial charge in [0.2, 0.25) is 0 Å². The van der Waals surface area contributed by atoms with E-state index in [1.165, 1.54) is 11.1 Å². The van der Waals surface area contributed by atoms with Crippen molar-refractivity contribution in [2.24, 2.45) is 0 Å². The molecular formula is C16H22N4O. The monoisotopic (exact) mass is 286 g/mol. The molecule has 1 aromatic heterocycles. The molecule has 0 atom stereocenters. The van der Waals surface area contributed by atoms with Gasteiger partial charge in [0.05, 0.1) is 13.2 Å². The lowest BCUT2D eigenvalue weighted by molar-refractivity contribution is 0.357. The molecule has 1 N–H and O–H groups in total. The van der Waals surface area contributed by atoms with E-state index in [2.05, 4.69) is 47.4 Å². The smallest absolute Gasteiger partial charge is 0.164 e. The average Bonchev–Trinajstić information content (AvgIpc) is 3.11. The highest BCUT2D eigenvalue weighted by atomic mass is 16.5. The molecule has 0 aliphatic carbocycles. The van der Waals surface area contributed by atoms with Gasteiger partial charge in [-0.1, -0.05) is 26.0 Å². The lowest BCUT2D eigenvalue weighted by Crippen LogP contribution is -2.22. The second kappa shape index (κ2) is 6.26. The summed E-state index contributed by atoms with van der Waals surface area (Å²) in [6, 6.07) is 6.92. The van der Waals surface area contributed by atoms with Crippen LogP contribution in [0.3, 0.4) is 0 Å². The highest BCUT2D eigenvalue weighted by Crippen LogP contribution is 2.26. The lowest BCUT2D eigenvalue weighted by atomic mass is 10.1. The maximum atomic E-state index is 5.53. The van der Waals surface area contributed by atoms with Crippen LogP contribution in [-0.4, -0.2) is 27.4 Å². The highest BCUT2D eigenvalue weighted by molar-refractivity contribution is 5.39. The fourth-order valence-corrected chi connectivity index (χ4v) is 2.46. The van der Waals surface area contributed by atoms with Crippen molar-refractivity contribution in [3.8, 4) is 5.75 Å². The third kappa shape index (κ3) is 3.61. The van der Waals surface area contributed by atoms with Gasteiger partial charge in [-0.25, -0.2) is 4.98 Å². The molecule has 5 heteroatoms. The Morgan fingerprint density at radius 2 is 2.29 bits per heavy atom. The van der Waals surface area contributed by atoms with E-state index in [-0.39, 0.29) is 0 Å². The van der Waals surface area contributed by atoms with Crippen LogP contribution in [0.25, 0.3) is 0 Å². The zero-order chi connectivity index (χ0) is 14.7. The van der Waals surface area contributed by atoms with Crippen molar-refractivity contribution < 1.29 is 4.74 Å². The Morgan fingerprint density at radius 3 is 3.14 bits per heavy atom. The Balaban J connectivity index is 1.55. The summed E-state index contributed by atoms with van der Waals surface area (Å²) in [5.41, 5.74) is 2.66. The van der Waals surface area contributed by atoms with Gasteiger partial charge in [0.15, 0.2) is 5.82 Å². The first kappa shape index (κ1) is 14.1. The molecule has 1 aliphatic rings. The van der Waals surface area contributed by atoms with E-state index in [4.69, 9.17) is 4.74 Å². The molecule has 2 aromatic rings. The van der Waals surface area contributed by atoms with Crippen LogP contribution in [0.2, 0.25) is 0 Å². The molecule has 0 bridgehead atoms. The van der Waals surface area contributed by atoms with Crippen LogP contribution in [-0.2, 0) is 25.9 Å². The number of nitrogens with zero attached hydrogens (tertiary/aromatic N) is 3. The van der Waals surface area contributed by atoms with E-state index in [9.17, 15) is 0 Å². The molecule has 2 heterocycles. The molecule has 0 fully saturated rings. The molecular weight excluding hydrogens is 264 g/mol. The molecule has 1 aliphatic heterocycles. The summed E-state index contributed by atoms with van der Waals surface area (Å²) in [5, 5.41) is 7.81. The fourth-order valence-electron chi connectivity index (χ4n) is 2.46. The average molecular weight is 286 g/mol. The molecule has 1 aromatic carbocycles. The number of ether oxygens (including phenoxy) is 1. The summed E-state index contributed by atoms with van der Waals surface area (Å²) >= 11 is 0. The first-order valence-electron chi connectivity index (χ1n) is 7.57. The van der Waals surface area contributed by atoms with Gasteiger partial charge in [-0.2, -0.15) is 5.10 Å². The van der Waals surface area contributed by atoms with Crippen LogP contribution in [0.1, 0.15) is 30.8 Å². The third-order valence-electron chi connectivity index (χ3n) is 3.64. The van der Waals surface area contributed by atoms with E-state index >= 15 is 0 Å². The van der Waals surface area contributed by atoms with Crippen LogP contribution >= 0.6 is 0 Å². The zero-order valence-corrected chi connectivity index (χ0v) is 12.7. The van der Waals surface area contributed by atoms with Crippen LogP contribution in [0, 0.1) is 0 Å². The van der Waals surface area contributed by atoms with Gasteiger partial charge in [0.1, 0.15) is 12.1 Å². The predicted molar refractivity (Wildman–Crippen MR) is 81.3 cm³/mol. The van der Waals surface area contributed by atoms with Crippen molar-refractivity contribution in [2.45, 2.75) is 45.8 Å². The normalized spacial score (nSPS) is 13.5. The van der Waals surface area contributed by atoms with Crippen molar-refractivity contribution in [2.75, 3.05) is 6.61 Å². The molecule has 5 nitrogen and oxygen atoms in total. The van der Waals surface area contributed by atoms with Crippen LogP contribution < -0.4 is 10.1 Å². The standard InChI is InChI=1S/C16H22N4O/c1-12(2)17-10-16-18-11-20(19-16)7-5-13-3-4-15-14(9-13)6-8-21-15/h3-4,9,11-12,17H,5-8,10H2,1-2H3. The van der Waals surface area contributed by atoms with Gasteiger partial charge in [0.25, 0.3) is 0 Å². The Morgan fingerprint density at radius 1 is 1.38 bits per heavy atom. The largest absolute Gasteiger partial charge is 0.493 e. The van der Waals surface area contributed by atoms with E-state index in [1.54, 1.807) is 0 Å². The summed E-state index contributed by atoms with van der Waals surface area (Å²) < 4.78 is 7.45. The molecule has 3 rings (SSSR count). The van der Waals surface area contributed by atoms with Crippen molar-refractivity contribution in [3.63, 3.8) is 0 Å². The number of hydrogen-bond acceptors (Lipinski definition) is 4. The van der Waals surface area contributed by atoms with Gasteiger partial charge < -0.3 is 10.1 Å². The number of benzene rings is 1. The molecule has 112 valence electrons. The summed E-state index contributed by atoms with van der Waals surface area (Å²) in [5.74, 6) is 1.90. The van der Waals surface area contributed by atoms with Gasteiger partial charge in [-0.05, 0) is 23.6 Å². The van der Waals surface area contributed by atoms with E-state index in [1.807, 2.05) is 11.0 Å². The Hall–Kier alpha value is -1.88. The van der Waals surface area contributed by atoms with Crippen LogP contribution in [0.5, 0.6) is 5.75 Å². The van der Waals surface area contributed by atoms with Crippen molar-refractivity contribution in [1.82, 2.24) is 20.1 Å². The summed E-state index contributed by atoms with van der Waals surface area (Å²) in [6.45, 7) is 6.63. The summed E-state index contributed by atoms with van der Waals surface area (Å²) in [4.78, 5) is 4.33. The van der Waals surface area contributed by atoms with Gasteiger partial charge in [-0.3, -0.25) is 4.68 Å². The Labute approximate surface area is 125 Å². The van der Waals surface area contributed by atoms with Gasteiger partial charge >= 0.3 is 0 Å². The number of aromatic nitrogens is 3. The minimum Gasteiger partial charge on any atom is -0.493 e. The quantitative estimate of drug-likeness (QED) is 0.882. The fraction of sp³-hybridized carbons (Fsp3) is 0.500. The second-order valence-electron chi connectivity index (χ2n) is 5.75. The Bertz CT molecular complexity index is 606. The number of hydrogen-bond donors (Lipinski definition) is 1. The molecule has 0 saturated carbocycles. The predicted octanol–water partition coefficient (Wildman–Crippen LogP) is 1.95. The molecule has 0 spiro atoms.